The summed E-state index contributed by atoms with van der Waals surface area (Å²) in [6.45, 7) is 3.73. The average molecular weight is 423 g/mol. The molecular weight excluding hydrogens is 404 g/mol. The Balaban J connectivity index is 1.90. The number of benzene rings is 1. The summed E-state index contributed by atoms with van der Waals surface area (Å²) in [5.74, 6) is 0.0674. The molecule has 30 heavy (non-hydrogen) atoms. The number of aryl methyl sites for hydroxylation is 1. The Hall–Kier alpha value is -3.54. The number of nitriles is 1. The number of halogens is 1. The molecule has 152 valence electrons. The molecular formula is C21H19ClN6O2. The third-order valence-electron chi connectivity index (χ3n) is 4.28. The van der Waals surface area contributed by atoms with E-state index in [1.807, 2.05) is 38.1 Å². The predicted molar refractivity (Wildman–Crippen MR) is 114 cm³/mol. The van der Waals surface area contributed by atoms with E-state index in [0.29, 0.717) is 16.7 Å². The van der Waals surface area contributed by atoms with E-state index in [1.54, 1.807) is 12.1 Å². The van der Waals surface area contributed by atoms with Gasteiger partial charge in [0.15, 0.2) is 5.69 Å². The molecule has 1 unspecified atom stereocenters. The fraction of sp³-hybridized carbons (Fsp3) is 0.190. The maximum absolute atomic E-state index is 12.5. The quantitative estimate of drug-likeness (QED) is 0.520. The second-order valence-corrected chi connectivity index (χ2v) is 7.10. The number of amides is 1. The van der Waals surface area contributed by atoms with Crippen LogP contribution in [0, 0.1) is 18.3 Å². The largest absolute Gasteiger partial charge is 0.394 e. The minimum atomic E-state index is -0.471. The van der Waals surface area contributed by atoms with Crippen LogP contribution in [0.2, 0.25) is 5.15 Å². The molecule has 0 saturated heterocycles. The van der Waals surface area contributed by atoms with Gasteiger partial charge in [-0.05, 0) is 60.9 Å². The van der Waals surface area contributed by atoms with Gasteiger partial charge in [-0.2, -0.15) is 10.4 Å². The van der Waals surface area contributed by atoms with Crippen molar-refractivity contribution >= 4 is 29.0 Å². The maximum atomic E-state index is 12.5. The van der Waals surface area contributed by atoms with Crippen LogP contribution in [0.15, 0.2) is 42.6 Å². The summed E-state index contributed by atoms with van der Waals surface area (Å²) in [5, 5.41) is 31.8. The fourth-order valence-corrected chi connectivity index (χ4v) is 2.98. The van der Waals surface area contributed by atoms with Gasteiger partial charge >= 0.3 is 0 Å². The van der Waals surface area contributed by atoms with Crippen molar-refractivity contribution in [2.24, 2.45) is 0 Å². The Labute approximate surface area is 178 Å². The third-order valence-corrected chi connectivity index (χ3v) is 4.48. The molecule has 1 amide bonds. The van der Waals surface area contributed by atoms with E-state index in [2.05, 4.69) is 25.8 Å². The number of nitrogens with zero attached hydrogens (tertiary/aromatic N) is 4. The summed E-state index contributed by atoms with van der Waals surface area (Å²) in [6, 6.07) is 12.1. The molecule has 0 spiro atoms. The van der Waals surface area contributed by atoms with E-state index in [0.717, 1.165) is 16.7 Å². The monoisotopic (exact) mass is 422 g/mol. The van der Waals surface area contributed by atoms with Gasteiger partial charge in [-0.3, -0.25) is 4.79 Å². The number of aromatic nitrogens is 3. The third kappa shape index (κ3) is 5.08. The first kappa shape index (κ1) is 21.2. The van der Waals surface area contributed by atoms with Crippen molar-refractivity contribution in [3.05, 3.63) is 64.6 Å². The Morgan fingerprint density at radius 1 is 1.30 bits per heavy atom. The number of pyridine rings is 1. The highest BCUT2D eigenvalue weighted by Gasteiger charge is 2.13. The number of hydrogen-bond acceptors (Lipinski definition) is 7. The standard InChI is InChI=1S/C21H19ClN6O2/c1-12-3-4-16(26-21(30)18-5-14(9-23)10-24-28-18)8-17(12)15-6-19(22)27-20(7-15)25-13(2)11-29/h3-8,10,13,29H,11H2,1-2H3,(H,25,27)(H,26,30). The summed E-state index contributed by atoms with van der Waals surface area (Å²) in [4.78, 5) is 16.7. The molecule has 0 aliphatic carbocycles. The van der Waals surface area contributed by atoms with E-state index in [4.69, 9.17) is 16.9 Å². The maximum Gasteiger partial charge on any atom is 0.276 e. The minimum Gasteiger partial charge on any atom is -0.394 e. The molecule has 3 aromatic rings. The summed E-state index contributed by atoms with van der Waals surface area (Å²) >= 11 is 6.19. The van der Waals surface area contributed by atoms with Gasteiger partial charge in [-0.1, -0.05) is 17.7 Å². The number of rotatable bonds is 6. The van der Waals surface area contributed by atoms with Gasteiger partial charge in [-0.25, -0.2) is 4.98 Å². The van der Waals surface area contributed by atoms with Gasteiger partial charge in [0, 0.05) is 11.7 Å². The zero-order valence-corrected chi connectivity index (χ0v) is 17.1. The Kier molecular flexibility index (Phi) is 6.57. The van der Waals surface area contributed by atoms with Crippen LogP contribution in [0.5, 0.6) is 0 Å². The highest BCUT2D eigenvalue weighted by molar-refractivity contribution is 6.29. The number of aliphatic hydroxyl groups excluding tert-OH is 1. The molecule has 9 heteroatoms. The first-order chi connectivity index (χ1) is 14.4. The van der Waals surface area contributed by atoms with Crippen molar-refractivity contribution in [2.75, 3.05) is 17.2 Å². The molecule has 0 bridgehead atoms. The molecule has 0 aliphatic rings. The van der Waals surface area contributed by atoms with Gasteiger partial charge in [0.1, 0.15) is 17.0 Å². The minimum absolute atomic E-state index is 0.0417. The van der Waals surface area contributed by atoms with E-state index in [1.165, 1.54) is 12.3 Å². The predicted octanol–water partition coefficient (Wildman–Crippen LogP) is 3.42. The van der Waals surface area contributed by atoms with Crippen LogP contribution in [-0.2, 0) is 0 Å². The number of carbonyl (C=O) groups is 1. The zero-order valence-electron chi connectivity index (χ0n) is 16.3. The molecule has 1 aromatic carbocycles. The smallest absolute Gasteiger partial charge is 0.276 e. The first-order valence-electron chi connectivity index (χ1n) is 9.09. The zero-order chi connectivity index (χ0) is 21.7. The van der Waals surface area contributed by atoms with Crippen molar-refractivity contribution < 1.29 is 9.90 Å². The second-order valence-electron chi connectivity index (χ2n) is 6.72. The molecule has 3 N–H and O–H groups in total. The van der Waals surface area contributed by atoms with E-state index < -0.39 is 5.91 Å². The summed E-state index contributed by atoms with van der Waals surface area (Å²) < 4.78 is 0. The lowest BCUT2D eigenvalue weighted by atomic mass is 10.0. The lowest BCUT2D eigenvalue weighted by molar-refractivity contribution is 0.102. The molecule has 0 radical (unpaired) electrons. The summed E-state index contributed by atoms with van der Waals surface area (Å²) in [6.07, 6.45) is 1.29. The van der Waals surface area contributed by atoms with Crippen molar-refractivity contribution in [3.8, 4) is 17.2 Å². The summed E-state index contributed by atoms with van der Waals surface area (Å²) in [7, 11) is 0. The number of anilines is 2. The molecule has 3 rings (SSSR count). The van der Waals surface area contributed by atoms with Crippen molar-refractivity contribution in [3.63, 3.8) is 0 Å². The molecule has 8 nitrogen and oxygen atoms in total. The van der Waals surface area contributed by atoms with Crippen LogP contribution >= 0.6 is 11.6 Å². The van der Waals surface area contributed by atoms with Crippen molar-refractivity contribution in [1.82, 2.24) is 15.2 Å². The Morgan fingerprint density at radius 2 is 2.10 bits per heavy atom. The second kappa shape index (κ2) is 9.31. The number of hydrogen-bond donors (Lipinski definition) is 3. The van der Waals surface area contributed by atoms with Crippen LogP contribution < -0.4 is 10.6 Å². The topological polar surface area (TPSA) is 124 Å². The van der Waals surface area contributed by atoms with Crippen LogP contribution in [0.1, 0.15) is 28.5 Å². The lowest BCUT2D eigenvalue weighted by Crippen LogP contribution is -2.20. The molecule has 0 saturated carbocycles. The Morgan fingerprint density at radius 3 is 2.83 bits per heavy atom. The Bertz CT molecular complexity index is 1130. The fourth-order valence-electron chi connectivity index (χ4n) is 2.77. The molecule has 2 aromatic heterocycles. The van der Waals surface area contributed by atoms with Gasteiger partial charge in [0.25, 0.3) is 5.91 Å². The lowest BCUT2D eigenvalue weighted by Gasteiger charge is -2.15. The SMILES string of the molecule is Cc1ccc(NC(=O)c2cc(C#N)cnn2)cc1-c1cc(Cl)nc(NC(C)CO)c1. The normalized spacial score (nSPS) is 11.4. The van der Waals surface area contributed by atoms with Crippen molar-refractivity contribution in [1.29, 1.82) is 5.26 Å². The number of carbonyl (C=O) groups excluding carboxylic acids is 1. The van der Waals surface area contributed by atoms with Gasteiger partial charge in [0.05, 0.1) is 18.4 Å². The van der Waals surface area contributed by atoms with E-state index >= 15 is 0 Å². The van der Waals surface area contributed by atoms with Crippen LogP contribution in [0.3, 0.4) is 0 Å². The van der Waals surface area contributed by atoms with Gasteiger partial charge < -0.3 is 15.7 Å². The molecule has 0 aliphatic heterocycles. The van der Waals surface area contributed by atoms with Crippen LogP contribution in [-0.4, -0.2) is 38.8 Å². The highest BCUT2D eigenvalue weighted by Crippen LogP contribution is 2.30. The van der Waals surface area contributed by atoms with E-state index in [9.17, 15) is 9.90 Å². The van der Waals surface area contributed by atoms with Crippen LogP contribution in [0.4, 0.5) is 11.5 Å². The van der Waals surface area contributed by atoms with Gasteiger partial charge in [0.2, 0.25) is 0 Å². The average Bonchev–Trinajstić information content (AvgIpc) is 2.74. The van der Waals surface area contributed by atoms with Crippen molar-refractivity contribution in [2.45, 2.75) is 19.9 Å². The first-order valence-corrected chi connectivity index (χ1v) is 9.47. The number of nitrogens with one attached hydrogen (secondary N) is 2. The molecule has 2 heterocycles. The highest BCUT2D eigenvalue weighted by atomic mass is 35.5. The van der Waals surface area contributed by atoms with E-state index in [-0.39, 0.29) is 23.9 Å². The van der Waals surface area contributed by atoms with Crippen LogP contribution in [0.25, 0.3) is 11.1 Å². The van der Waals surface area contributed by atoms with Gasteiger partial charge in [-0.15, -0.1) is 5.10 Å². The molecule has 0 fully saturated rings. The summed E-state index contributed by atoms with van der Waals surface area (Å²) in [5.41, 5.74) is 3.49. The number of aliphatic hydroxyl groups is 1. The molecule has 1 atom stereocenters.